The topological polar surface area (TPSA) is 185 Å². The zero-order valence-electron chi connectivity index (χ0n) is 26.6. The first-order valence-electron chi connectivity index (χ1n) is 14.0. The molecule has 0 amide bonds. The van der Waals surface area contributed by atoms with Crippen LogP contribution in [-0.2, 0) is 61.9 Å². The third kappa shape index (κ3) is 12.7. The van der Waals surface area contributed by atoms with Gasteiger partial charge in [0.15, 0.2) is 36.1 Å². The van der Waals surface area contributed by atoms with E-state index in [2.05, 4.69) is 4.74 Å². The van der Waals surface area contributed by atoms with Gasteiger partial charge in [0.25, 0.3) is 0 Å². The molecule has 1 aliphatic rings. The van der Waals surface area contributed by atoms with Gasteiger partial charge in [-0.15, -0.1) is 0 Å². The second-order valence-corrected chi connectivity index (χ2v) is 9.90. The molecular formula is C31H38O15. The summed E-state index contributed by atoms with van der Waals surface area (Å²) in [6.07, 6.45) is -2.15. The fourth-order valence-corrected chi connectivity index (χ4v) is 4.08. The third-order valence-electron chi connectivity index (χ3n) is 5.93. The minimum atomic E-state index is -1.36. The van der Waals surface area contributed by atoms with Crippen LogP contribution >= 0.6 is 0 Å². The highest BCUT2D eigenvalue weighted by Gasteiger charge is 2.52. The van der Waals surface area contributed by atoms with Crippen molar-refractivity contribution in [2.45, 2.75) is 72.2 Å². The van der Waals surface area contributed by atoms with Gasteiger partial charge in [0.2, 0.25) is 0 Å². The van der Waals surface area contributed by atoms with E-state index in [-0.39, 0.29) is 31.3 Å². The van der Waals surface area contributed by atoms with Crippen LogP contribution in [0.1, 0.15) is 47.1 Å². The van der Waals surface area contributed by atoms with Crippen molar-refractivity contribution in [2.24, 2.45) is 0 Å². The zero-order chi connectivity index (χ0) is 34.4. The van der Waals surface area contributed by atoms with Gasteiger partial charge in [-0.3, -0.25) is 24.0 Å². The van der Waals surface area contributed by atoms with Crippen LogP contribution in [0, 0.1) is 0 Å². The van der Waals surface area contributed by atoms with Crippen LogP contribution in [-0.4, -0.2) is 93.5 Å². The van der Waals surface area contributed by atoms with E-state index in [1.807, 2.05) is 0 Å². The van der Waals surface area contributed by atoms with E-state index in [4.69, 9.17) is 37.9 Å². The number of esters is 6. The molecule has 1 aliphatic heterocycles. The third-order valence-corrected chi connectivity index (χ3v) is 5.93. The van der Waals surface area contributed by atoms with E-state index in [9.17, 15) is 28.8 Å². The summed E-state index contributed by atoms with van der Waals surface area (Å²) < 4.78 is 48.6. The summed E-state index contributed by atoms with van der Waals surface area (Å²) in [5, 5.41) is 0. The highest BCUT2D eigenvalue weighted by atomic mass is 16.7. The number of benzene rings is 1. The van der Waals surface area contributed by atoms with E-state index in [0.29, 0.717) is 11.1 Å². The molecule has 0 unspecified atom stereocenters. The van der Waals surface area contributed by atoms with Crippen LogP contribution in [0.3, 0.4) is 0 Å². The summed E-state index contributed by atoms with van der Waals surface area (Å²) in [4.78, 5) is 70.4. The molecule has 2 rings (SSSR count). The number of ether oxygens (including phenoxy) is 9. The van der Waals surface area contributed by atoms with Crippen LogP contribution < -0.4 is 9.47 Å². The molecule has 1 saturated heterocycles. The van der Waals surface area contributed by atoms with E-state index < -0.39 is 66.5 Å². The van der Waals surface area contributed by atoms with Gasteiger partial charge in [-0.2, -0.15) is 0 Å². The fourth-order valence-electron chi connectivity index (χ4n) is 4.08. The molecular weight excluding hydrogens is 612 g/mol. The molecule has 5 atom stereocenters. The minimum Gasteiger partial charge on any atom is -0.486 e. The van der Waals surface area contributed by atoms with E-state index in [1.165, 1.54) is 39.2 Å². The minimum absolute atomic E-state index is 0.0133. The second kappa shape index (κ2) is 18.3. The highest BCUT2D eigenvalue weighted by molar-refractivity contribution is 5.87. The maximum atomic E-state index is 12.0. The Bertz CT molecular complexity index is 1330. The standard InChI is InChI=1S/C31H38O15/c1-17(12-13-39-24-10-8-23(9-11-27(37)38-7)14-25(24)42-19(3)33)15-41-31-30(45-22(6)36)29(44-21(5)35)28(43-20(4)34)26(46-31)16-40-18(2)32/h8-12,14,26,28-31H,13,15-16H2,1-7H3/b11-9+,17-12+/t26-,28-,29+,30-,31-/m1/s1. The lowest BCUT2D eigenvalue weighted by Gasteiger charge is -2.44. The normalized spacial score (nSPS) is 21.1. The molecule has 1 heterocycles. The van der Waals surface area contributed by atoms with Crippen molar-refractivity contribution < 1.29 is 71.4 Å². The predicted molar refractivity (Wildman–Crippen MR) is 156 cm³/mol. The van der Waals surface area contributed by atoms with Crippen molar-refractivity contribution in [3.8, 4) is 11.5 Å². The van der Waals surface area contributed by atoms with Gasteiger partial charge >= 0.3 is 35.8 Å². The Labute approximate surface area is 265 Å². The maximum absolute atomic E-state index is 12.0. The predicted octanol–water partition coefficient (Wildman–Crippen LogP) is 2.22. The molecule has 1 aromatic rings. The molecule has 0 bridgehead atoms. The Morgan fingerprint density at radius 1 is 0.783 bits per heavy atom. The molecule has 0 N–H and O–H groups in total. The monoisotopic (exact) mass is 650 g/mol. The summed E-state index contributed by atoms with van der Waals surface area (Å²) in [5.74, 6) is -3.67. The Hall–Kier alpha value is -4.76. The summed E-state index contributed by atoms with van der Waals surface area (Å²) in [6.45, 7) is 7.02. The van der Waals surface area contributed by atoms with Gasteiger partial charge in [-0.05, 0) is 42.3 Å². The molecule has 0 aliphatic carbocycles. The first-order chi connectivity index (χ1) is 21.7. The summed E-state index contributed by atoms with van der Waals surface area (Å²) in [5.41, 5.74) is 1.18. The Kier molecular flexibility index (Phi) is 14.9. The molecule has 0 spiro atoms. The molecule has 252 valence electrons. The SMILES string of the molecule is COC(=O)/C=C/c1ccc(OC/C=C(\C)CO[C@@H]2O[C@H](COC(C)=O)[C@@H](OC(C)=O)[C@H](OC(C)=O)[C@H]2OC(C)=O)c(OC(C)=O)c1. The summed E-state index contributed by atoms with van der Waals surface area (Å²) >= 11 is 0. The molecule has 1 fully saturated rings. The van der Waals surface area contributed by atoms with E-state index in [0.717, 1.165) is 20.8 Å². The van der Waals surface area contributed by atoms with Crippen molar-refractivity contribution in [3.05, 3.63) is 41.5 Å². The van der Waals surface area contributed by atoms with Crippen molar-refractivity contribution in [1.29, 1.82) is 0 Å². The van der Waals surface area contributed by atoms with Crippen LogP contribution in [0.4, 0.5) is 0 Å². The van der Waals surface area contributed by atoms with Gasteiger partial charge in [-0.25, -0.2) is 4.79 Å². The lowest BCUT2D eigenvalue weighted by Crippen LogP contribution is -2.63. The van der Waals surface area contributed by atoms with Crippen LogP contribution in [0.5, 0.6) is 11.5 Å². The Balaban J connectivity index is 2.22. The van der Waals surface area contributed by atoms with Gasteiger partial charge < -0.3 is 42.6 Å². The van der Waals surface area contributed by atoms with Crippen molar-refractivity contribution in [2.75, 3.05) is 26.9 Å². The molecule has 15 heteroatoms. The van der Waals surface area contributed by atoms with Crippen LogP contribution in [0.25, 0.3) is 6.08 Å². The molecule has 0 saturated carbocycles. The smallest absolute Gasteiger partial charge is 0.330 e. The molecule has 15 nitrogen and oxygen atoms in total. The molecule has 46 heavy (non-hydrogen) atoms. The zero-order valence-corrected chi connectivity index (χ0v) is 26.6. The van der Waals surface area contributed by atoms with E-state index >= 15 is 0 Å². The first kappa shape index (κ1) is 37.4. The van der Waals surface area contributed by atoms with Gasteiger partial charge in [0, 0.05) is 40.7 Å². The number of hydrogen-bond donors (Lipinski definition) is 0. The van der Waals surface area contributed by atoms with Crippen LogP contribution in [0.2, 0.25) is 0 Å². The average Bonchev–Trinajstić information content (AvgIpc) is 2.96. The summed E-state index contributed by atoms with van der Waals surface area (Å²) in [6, 6.07) is 4.72. The van der Waals surface area contributed by atoms with Gasteiger partial charge in [-0.1, -0.05) is 6.07 Å². The van der Waals surface area contributed by atoms with Crippen molar-refractivity contribution in [3.63, 3.8) is 0 Å². The van der Waals surface area contributed by atoms with Crippen LogP contribution in [0.15, 0.2) is 35.9 Å². The molecule has 0 radical (unpaired) electrons. The number of carbonyl (C=O) groups excluding carboxylic acids is 6. The summed E-state index contributed by atoms with van der Waals surface area (Å²) in [7, 11) is 1.25. The first-order valence-corrected chi connectivity index (χ1v) is 14.0. The average molecular weight is 651 g/mol. The van der Waals surface area contributed by atoms with Gasteiger partial charge in [0.1, 0.15) is 19.3 Å². The lowest BCUT2D eigenvalue weighted by molar-refractivity contribution is -0.306. The number of carbonyl (C=O) groups is 6. The number of rotatable bonds is 14. The van der Waals surface area contributed by atoms with Gasteiger partial charge in [0.05, 0.1) is 13.7 Å². The number of methoxy groups -OCH3 is 1. The largest absolute Gasteiger partial charge is 0.486 e. The Morgan fingerprint density at radius 2 is 1.41 bits per heavy atom. The lowest BCUT2D eigenvalue weighted by atomic mass is 9.98. The molecule has 1 aromatic carbocycles. The highest BCUT2D eigenvalue weighted by Crippen LogP contribution is 2.31. The molecule has 0 aromatic heterocycles. The van der Waals surface area contributed by atoms with Crippen molar-refractivity contribution >= 4 is 41.9 Å². The number of hydrogen-bond acceptors (Lipinski definition) is 15. The maximum Gasteiger partial charge on any atom is 0.330 e. The second-order valence-electron chi connectivity index (χ2n) is 9.90. The van der Waals surface area contributed by atoms with E-state index in [1.54, 1.807) is 25.1 Å². The quantitative estimate of drug-likeness (QED) is 0.0937. The van der Waals surface area contributed by atoms with Crippen molar-refractivity contribution in [1.82, 2.24) is 0 Å². The Morgan fingerprint density at radius 3 is 2.00 bits per heavy atom. The fraction of sp³-hybridized carbons (Fsp3) is 0.484.